The van der Waals surface area contributed by atoms with Crippen molar-refractivity contribution in [2.24, 2.45) is 16.8 Å². The van der Waals surface area contributed by atoms with Crippen LogP contribution in [-0.4, -0.2) is 44.1 Å². The Kier molecular flexibility index (Phi) is 6.95. The van der Waals surface area contributed by atoms with Gasteiger partial charge in [0.05, 0.1) is 6.07 Å². The first kappa shape index (κ1) is 21.4. The lowest BCUT2D eigenvalue weighted by atomic mass is 9.83. The van der Waals surface area contributed by atoms with Crippen molar-refractivity contribution in [3.05, 3.63) is 24.0 Å². The fraction of sp³-hybridized carbons (Fsp3) is 0.526. The number of nitriles is 1. The number of oxazole rings is 1. The molecule has 1 heterocycles. The van der Waals surface area contributed by atoms with Gasteiger partial charge in [-0.1, -0.05) is 0 Å². The van der Waals surface area contributed by atoms with E-state index in [2.05, 4.69) is 14.7 Å². The van der Waals surface area contributed by atoms with Gasteiger partial charge in [-0.2, -0.15) is 23.0 Å². The van der Waals surface area contributed by atoms with E-state index in [9.17, 15) is 12.8 Å². The maximum absolute atomic E-state index is 13.2. The lowest BCUT2D eigenvalue weighted by Crippen LogP contribution is -2.41. The fourth-order valence-corrected chi connectivity index (χ4v) is 4.31. The molecular weight excluding hydrogens is 397 g/mol. The Balaban J connectivity index is 1.46. The monoisotopic (exact) mass is 421 g/mol. The fourth-order valence-electron chi connectivity index (χ4n) is 3.31. The zero-order valence-corrected chi connectivity index (χ0v) is 17.0. The van der Waals surface area contributed by atoms with E-state index in [0.717, 1.165) is 25.7 Å². The average molecular weight is 421 g/mol. The molecule has 0 aliphatic heterocycles. The summed E-state index contributed by atoms with van der Waals surface area (Å²) in [5, 5.41) is 8.58. The largest absolute Gasteiger partial charge is 0.422 e. The number of nitrogens with one attached hydrogen (secondary N) is 1. The Morgan fingerprint density at radius 1 is 1.41 bits per heavy atom. The molecule has 1 aromatic heterocycles. The second kappa shape index (κ2) is 9.43. The molecule has 0 bridgehead atoms. The van der Waals surface area contributed by atoms with Crippen LogP contribution in [-0.2, 0) is 10.2 Å². The van der Waals surface area contributed by atoms with Crippen molar-refractivity contribution < 1.29 is 17.2 Å². The van der Waals surface area contributed by atoms with Crippen LogP contribution < -0.4 is 4.72 Å². The Morgan fingerprint density at radius 3 is 2.90 bits per heavy atom. The molecule has 0 saturated heterocycles. The van der Waals surface area contributed by atoms with Gasteiger partial charge in [0.2, 0.25) is 0 Å². The summed E-state index contributed by atoms with van der Waals surface area (Å²) in [7, 11) is -2.08. The van der Waals surface area contributed by atoms with E-state index < -0.39 is 10.2 Å². The van der Waals surface area contributed by atoms with Crippen LogP contribution in [0.5, 0.6) is 0 Å². The average Bonchev–Trinajstić information content (AvgIpc) is 3.11. The molecule has 1 fully saturated rings. The van der Waals surface area contributed by atoms with Crippen molar-refractivity contribution in [2.75, 3.05) is 20.1 Å². The number of fused-ring (bicyclic) bond motifs is 1. The normalized spacial score (nSPS) is 20.5. The number of rotatable bonds is 8. The number of aliphatic imine (C=N–C) groups is 1. The molecule has 0 radical (unpaired) electrons. The molecule has 156 valence electrons. The number of halogens is 1. The minimum absolute atomic E-state index is 0.164. The number of hydrogen-bond donors (Lipinski definition) is 1. The standard InChI is InChI=1S/C19H24FN5O3S/c1-25(10-2-9-21)29(26,27)23-13-15-5-3-14(4-6-15)12-22-19-24-17-8-7-16(20)11-18(17)28-19/h7-8,11-12,14-15,23H,2-6,10,13H2,1H3/b22-12+. The van der Waals surface area contributed by atoms with Crippen molar-refractivity contribution >= 4 is 33.5 Å². The van der Waals surface area contributed by atoms with Gasteiger partial charge in [-0.3, -0.25) is 0 Å². The lowest BCUT2D eigenvalue weighted by molar-refractivity contribution is 0.322. The Bertz CT molecular complexity index is 1010. The van der Waals surface area contributed by atoms with Gasteiger partial charge in [-0.05, 0) is 49.7 Å². The molecule has 0 unspecified atom stereocenters. The highest BCUT2D eigenvalue weighted by molar-refractivity contribution is 7.87. The SMILES string of the molecule is CN(CCC#N)S(=O)(=O)NCC1CCC(/C=N/c2nc3ccc(F)cc3o2)CC1. The highest BCUT2D eigenvalue weighted by Gasteiger charge is 2.23. The molecule has 1 saturated carbocycles. The zero-order valence-electron chi connectivity index (χ0n) is 16.2. The summed E-state index contributed by atoms with van der Waals surface area (Å²) in [4.78, 5) is 8.50. The Hall–Kier alpha value is -2.35. The van der Waals surface area contributed by atoms with E-state index in [4.69, 9.17) is 9.68 Å². The molecule has 1 N–H and O–H groups in total. The first-order valence-electron chi connectivity index (χ1n) is 9.55. The highest BCUT2D eigenvalue weighted by Crippen LogP contribution is 2.28. The van der Waals surface area contributed by atoms with Crippen molar-refractivity contribution in [2.45, 2.75) is 32.1 Å². The van der Waals surface area contributed by atoms with E-state index in [0.29, 0.717) is 17.6 Å². The van der Waals surface area contributed by atoms with Crippen molar-refractivity contribution in [3.63, 3.8) is 0 Å². The molecule has 1 aliphatic carbocycles. The minimum atomic E-state index is -3.55. The van der Waals surface area contributed by atoms with Gasteiger partial charge >= 0.3 is 6.01 Å². The van der Waals surface area contributed by atoms with Gasteiger partial charge in [0.15, 0.2) is 5.58 Å². The van der Waals surface area contributed by atoms with E-state index >= 15 is 0 Å². The summed E-state index contributed by atoms with van der Waals surface area (Å²) < 4.78 is 46.7. The number of aromatic nitrogens is 1. The molecule has 0 amide bonds. The molecule has 8 nitrogen and oxygen atoms in total. The van der Waals surface area contributed by atoms with E-state index in [1.165, 1.54) is 23.5 Å². The van der Waals surface area contributed by atoms with Gasteiger partial charge in [0, 0.05) is 38.8 Å². The number of hydrogen-bond acceptors (Lipinski definition) is 6. The maximum Gasteiger partial charge on any atom is 0.322 e. The smallest absolute Gasteiger partial charge is 0.322 e. The van der Waals surface area contributed by atoms with Crippen LogP contribution >= 0.6 is 0 Å². The van der Waals surface area contributed by atoms with Gasteiger partial charge in [0.1, 0.15) is 11.3 Å². The molecule has 10 heteroatoms. The van der Waals surface area contributed by atoms with Gasteiger partial charge < -0.3 is 4.42 Å². The molecule has 29 heavy (non-hydrogen) atoms. The third-order valence-corrected chi connectivity index (χ3v) is 6.66. The van der Waals surface area contributed by atoms with Crippen LogP contribution in [0.4, 0.5) is 10.4 Å². The van der Waals surface area contributed by atoms with Crippen LogP contribution in [0.15, 0.2) is 27.6 Å². The van der Waals surface area contributed by atoms with Gasteiger partial charge in [-0.15, -0.1) is 0 Å². The first-order chi connectivity index (χ1) is 13.9. The summed E-state index contributed by atoms with van der Waals surface area (Å²) in [6, 6.07) is 6.31. The van der Waals surface area contributed by atoms with Crippen LogP contribution in [0.2, 0.25) is 0 Å². The van der Waals surface area contributed by atoms with E-state index in [1.807, 2.05) is 12.3 Å². The second-order valence-electron chi connectivity index (χ2n) is 7.25. The highest BCUT2D eigenvalue weighted by atomic mass is 32.2. The number of nitrogens with zero attached hydrogens (tertiary/aromatic N) is 4. The Labute approximate surface area is 169 Å². The summed E-state index contributed by atoms with van der Waals surface area (Å²) >= 11 is 0. The van der Waals surface area contributed by atoms with Crippen LogP contribution in [0.1, 0.15) is 32.1 Å². The summed E-state index contributed by atoms with van der Waals surface area (Å²) in [6.45, 7) is 0.567. The maximum atomic E-state index is 13.2. The molecule has 3 rings (SSSR count). The zero-order chi connectivity index (χ0) is 20.9. The quantitative estimate of drug-likeness (QED) is 0.658. The predicted molar refractivity (Wildman–Crippen MR) is 107 cm³/mol. The Morgan fingerprint density at radius 2 is 2.17 bits per heavy atom. The molecule has 1 aromatic carbocycles. The van der Waals surface area contributed by atoms with Crippen molar-refractivity contribution in [1.82, 2.24) is 14.0 Å². The van der Waals surface area contributed by atoms with Crippen LogP contribution in [0, 0.1) is 29.0 Å². The summed E-state index contributed by atoms with van der Waals surface area (Å²) in [5.74, 6) is 0.161. The minimum Gasteiger partial charge on any atom is -0.422 e. The first-order valence-corrected chi connectivity index (χ1v) is 11.0. The summed E-state index contributed by atoms with van der Waals surface area (Å²) in [5.41, 5.74) is 0.933. The van der Waals surface area contributed by atoms with E-state index in [-0.39, 0.29) is 36.6 Å². The molecular formula is C19H24FN5O3S. The lowest BCUT2D eigenvalue weighted by Gasteiger charge is -2.27. The molecule has 1 aliphatic rings. The van der Waals surface area contributed by atoms with Gasteiger partial charge in [0.25, 0.3) is 10.2 Å². The van der Waals surface area contributed by atoms with Crippen LogP contribution in [0.25, 0.3) is 11.1 Å². The topological polar surface area (TPSA) is 112 Å². The molecule has 0 spiro atoms. The summed E-state index contributed by atoms with van der Waals surface area (Å²) in [6.07, 6.45) is 5.55. The third-order valence-electron chi connectivity index (χ3n) is 5.13. The van der Waals surface area contributed by atoms with Crippen LogP contribution in [0.3, 0.4) is 0 Å². The predicted octanol–water partition coefficient (Wildman–Crippen LogP) is 3.16. The second-order valence-corrected chi connectivity index (χ2v) is 9.11. The van der Waals surface area contributed by atoms with Crippen molar-refractivity contribution in [3.8, 4) is 6.07 Å². The molecule has 2 aromatic rings. The van der Waals surface area contributed by atoms with Gasteiger partial charge in [-0.25, -0.2) is 14.1 Å². The molecule has 0 atom stereocenters. The number of benzene rings is 1. The third kappa shape index (κ3) is 5.82. The van der Waals surface area contributed by atoms with Crippen molar-refractivity contribution in [1.29, 1.82) is 5.26 Å². The van der Waals surface area contributed by atoms with E-state index in [1.54, 1.807) is 6.07 Å².